The number of carbonyl (C=O) groups excluding carboxylic acids is 2. The van der Waals surface area contributed by atoms with E-state index in [1.165, 1.54) is 11.3 Å². The average molecular weight is 544 g/mol. The molecule has 1 aliphatic carbocycles. The van der Waals surface area contributed by atoms with Crippen LogP contribution in [0, 0.1) is 0 Å². The average Bonchev–Trinajstić information content (AvgIpc) is 2.90. The van der Waals surface area contributed by atoms with E-state index in [1.807, 2.05) is 24.3 Å². The maximum Gasteiger partial charge on any atom is 0.244 e. The molecule has 1 atom stereocenters. The first kappa shape index (κ1) is 29.5. The third-order valence-corrected chi connectivity index (χ3v) is 8.30. The number of benzene rings is 2. The molecule has 0 heterocycles. The van der Waals surface area contributed by atoms with Crippen LogP contribution in [0.1, 0.15) is 69.9 Å². The topological polar surface area (TPSA) is 96.0 Å². The highest BCUT2D eigenvalue weighted by Crippen LogP contribution is 2.23. The Bertz CT molecular complexity index is 1170. The van der Waals surface area contributed by atoms with E-state index in [9.17, 15) is 18.0 Å². The molecule has 1 saturated carbocycles. The molecule has 2 aromatic rings. The number of anilines is 1. The maximum absolute atomic E-state index is 13.7. The number of nitrogens with zero attached hydrogens (tertiary/aromatic N) is 2. The normalized spacial score (nSPS) is 15.1. The lowest BCUT2D eigenvalue weighted by atomic mass is 9.95. The number of nitrogens with one attached hydrogen (secondary N) is 1. The van der Waals surface area contributed by atoms with Crippen molar-refractivity contribution >= 4 is 27.5 Å². The number of ether oxygens (including phenoxy) is 1. The minimum absolute atomic E-state index is 0.101. The molecule has 9 heteroatoms. The van der Waals surface area contributed by atoms with Crippen molar-refractivity contribution in [1.29, 1.82) is 0 Å². The Morgan fingerprint density at radius 3 is 2.11 bits per heavy atom. The molecule has 0 radical (unpaired) electrons. The number of hydrogen-bond donors (Lipinski definition) is 1. The Labute approximate surface area is 227 Å². The first-order valence-electron chi connectivity index (χ1n) is 13.3. The molecule has 3 rings (SSSR count). The Morgan fingerprint density at radius 1 is 0.974 bits per heavy atom. The van der Waals surface area contributed by atoms with Crippen LogP contribution in [0.15, 0.2) is 48.5 Å². The van der Waals surface area contributed by atoms with Gasteiger partial charge in [0.25, 0.3) is 0 Å². The Kier molecular flexibility index (Phi) is 10.2. The second kappa shape index (κ2) is 13.1. The zero-order valence-corrected chi connectivity index (χ0v) is 24.0. The second-order valence-corrected chi connectivity index (χ2v) is 12.3. The lowest BCUT2D eigenvalue weighted by Gasteiger charge is -2.33. The number of methoxy groups -OCH3 is 1. The van der Waals surface area contributed by atoms with Gasteiger partial charge in [-0.2, -0.15) is 0 Å². The molecule has 0 aliphatic heterocycles. The molecule has 2 aromatic carbocycles. The molecule has 0 spiro atoms. The second-order valence-electron chi connectivity index (χ2n) is 10.4. The summed E-state index contributed by atoms with van der Waals surface area (Å²) in [6.07, 6.45) is 6.27. The molecule has 208 valence electrons. The van der Waals surface area contributed by atoms with Crippen LogP contribution in [0.5, 0.6) is 5.75 Å². The smallest absolute Gasteiger partial charge is 0.244 e. The standard InChI is InChI=1S/C29H41N3O5S/c1-21(2)24-13-15-26(16-14-24)32(38(5,35)36)20-28(33)31(19-23-11-17-27(37-4)18-12-23)22(3)29(34)30-25-9-7-6-8-10-25/h11-18,21-22,25H,6-10,19-20H2,1-5H3,(H,30,34). The first-order chi connectivity index (χ1) is 18.0. The molecule has 38 heavy (non-hydrogen) atoms. The summed E-state index contributed by atoms with van der Waals surface area (Å²) in [6, 6.07) is 13.8. The summed E-state index contributed by atoms with van der Waals surface area (Å²) in [5.41, 5.74) is 2.29. The van der Waals surface area contributed by atoms with Crippen LogP contribution in [0.3, 0.4) is 0 Å². The van der Waals surface area contributed by atoms with E-state index < -0.39 is 28.5 Å². The molecule has 0 aromatic heterocycles. The van der Waals surface area contributed by atoms with Crippen molar-refractivity contribution in [2.24, 2.45) is 0 Å². The highest BCUT2D eigenvalue weighted by atomic mass is 32.2. The zero-order chi connectivity index (χ0) is 27.9. The third-order valence-electron chi connectivity index (χ3n) is 7.16. The van der Waals surface area contributed by atoms with Crippen LogP contribution < -0.4 is 14.4 Å². The fourth-order valence-electron chi connectivity index (χ4n) is 4.72. The van der Waals surface area contributed by atoms with Gasteiger partial charge in [-0.05, 0) is 61.1 Å². The highest BCUT2D eigenvalue weighted by Gasteiger charge is 2.31. The SMILES string of the molecule is COc1ccc(CN(C(=O)CN(c2ccc(C(C)C)cc2)S(C)(=O)=O)C(C)C(=O)NC2CCCCC2)cc1. The molecule has 1 N–H and O–H groups in total. The first-order valence-corrected chi connectivity index (χ1v) is 15.1. The zero-order valence-electron chi connectivity index (χ0n) is 23.1. The predicted molar refractivity (Wildman–Crippen MR) is 151 cm³/mol. The summed E-state index contributed by atoms with van der Waals surface area (Å²) < 4.78 is 31.9. The molecule has 1 aliphatic rings. The van der Waals surface area contributed by atoms with Gasteiger partial charge >= 0.3 is 0 Å². The number of hydrogen-bond acceptors (Lipinski definition) is 5. The summed E-state index contributed by atoms with van der Waals surface area (Å²) in [4.78, 5) is 28.4. The fraction of sp³-hybridized carbons (Fsp3) is 0.517. The van der Waals surface area contributed by atoms with E-state index >= 15 is 0 Å². The number of rotatable bonds is 11. The van der Waals surface area contributed by atoms with E-state index in [0.29, 0.717) is 17.4 Å². The van der Waals surface area contributed by atoms with Crippen LogP contribution in [0.25, 0.3) is 0 Å². The van der Waals surface area contributed by atoms with E-state index in [0.717, 1.165) is 47.4 Å². The summed E-state index contributed by atoms with van der Waals surface area (Å²) in [5, 5.41) is 3.11. The Morgan fingerprint density at radius 2 is 1.58 bits per heavy atom. The van der Waals surface area contributed by atoms with Crippen molar-refractivity contribution in [3.05, 3.63) is 59.7 Å². The fourth-order valence-corrected chi connectivity index (χ4v) is 5.57. The van der Waals surface area contributed by atoms with Gasteiger partial charge in [-0.3, -0.25) is 13.9 Å². The van der Waals surface area contributed by atoms with E-state index in [2.05, 4.69) is 19.2 Å². The largest absolute Gasteiger partial charge is 0.497 e. The van der Waals surface area contributed by atoms with Gasteiger partial charge in [0, 0.05) is 12.6 Å². The van der Waals surface area contributed by atoms with E-state index in [1.54, 1.807) is 38.3 Å². The maximum atomic E-state index is 13.7. The molecular formula is C29H41N3O5S. The molecule has 0 saturated heterocycles. The van der Waals surface area contributed by atoms with Gasteiger partial charge in [-0.15, -0.1) is 0 Å². The van der Waals surface area contributed by atoms with Crippen molar-refractivity contribution < 1.29 is 22.7 Å². The van der Waals surface area contributed by atoms with E-state index in [4.69, 9.17) is 4.74 Å². The van der Waals surface area contributed by atoms with Crippen LogP contribution in [-0.2, 0) is 26.2 Å². The third kappa shape index (κ3) is 7.96. The summed E-state index contributed by atoms with van der Waals surface area (Å²) in [6.45, 7) is 5.57. The van der Waals surface area contributed by atoms with Gasteiger partial charge < -0.3 is 15.0 Å². The highest BCUT2D eigenvalue weighted by molar-refractivity contribution is 7.92. The van der Waals surface area contributed by atoms with Crippen LogP contribution in [0.2, 0.25) is 0 Å². The van der Waals surface area contributed by atoms with Gasteiger partial charge in [0.15, 0.2) is 0 Å². The van der Waals surface area contributed by atoms with Crippen LogP contribution in [0.4, 0.5) is 5.69 Å². The molecule has 1 fully saturated rings. The summed E-state index contributed by atoms with van der Waals surface area (Å²) in [7, 11) is -2.18. The van der Waals surface area contributed by atoms with E-state index in [-0.39, 0.29) is 18.5 Å². The number of amides is 2. The molecule has 0 bridgehead atoms. The number of carbonyl (C=O) groups is 2. The van der Waals surface area contributed by atoms with Gasteiger partial charge in [-0.1, -0.05) is 57.4 Å². The number of sulfonamides is 1. The molecule has 2 amide bonds. The van der Waals surface area contributed by atoms with Crippen molar-refractivity contribution in [1.82, 2.24) is 10.2 Å². The predicted octanol–water partition coefficient (Wildman–Crippen LogP) is 4.45. The van der Waals surface area contributed by atoms with Gasteiger partial charge in [0.2, 0.25) is 21.8 Å². The van der Waals surface area contributed by atoms with Gasteiger partial charge in [-0.25, -0.2) is 8.42 Å². The minimum Gasteiger partial charge on any atom is -0.497 e. The van der Waals surface area contributed by atoms with Crippen LogP contribution in [-0.4, -0.2) is 57.1 Å². The summed E-state index contributed by atoms with van der Waals surface area (Å²) >= 11 is 0. The quantitative estimate of drug-likeness (QED) is 0.452. The van der Waals surface area contributed by atoms with Crippen molar-refractivity contribution in [2.45, 2.75) is 77.4 Å². The van der Waals surface area contributed by atoms with Crippen molar-refractivity contribution in [3.63, 3.8) is 0 Å². The monoisotopic (exact) mass is 543 g/mol. The van der Waals surface area contributed by atoms with Crippen LogP contribution >= 0.6 is 0 Å². The lowest BCUT2D eigenvalue weighted by molar-refractivity contribution is -0.139. The lowest BCUT2D eigenvalue weighted by Crippen LogP contribution is -2.52. The van der Waals surface area contributed by atoms with Crippen molar-refractivity contribution in [3.8, 4) is 5.75 Å². The van der Waals surface area contributed by atoms with Gasteiger partial charge in [0.05, 0.1) is 19.1 Å². The van der Waals surface area contributed by atoms with Crippen molar-refractivity contribution in [2.75, 3.05) is 24.2 Å². The minimum atomic E-state index is -3.76. The molecule has 8 nitrogen and oxygen atoms in total. The molecular weight excluding hydrogens is 502 g/mol. The Hall–Kier alpha value is -3.07. The summed E-state index contributed by atoms with van der Waals surface area (Å²) in [5.74, 6) is 0.292. The molecule has 1 unspecified atom stereocenters. The Balaban J connectivity index is 1.86. The van der Waals surface area contributed by atoms with Gasteiger partial charge in [0.1, 0.15) is 18.3 Å².